The number of aromatic nitrogens is 1. The summed E-state index contributed by atoms with van der Waals surface area (Å²) < 4.78 is 5.30. The number of anilines is 2. The normalized spacial score (nSPS) is 13.9. The number of carbonyl (C=O) groups is 2. The minimum atomic E-state index is -0.183. The second-order valence-electron chi connectivity index (χ2n) is 6.86. The monoisotopic (exact) mass is 442 g/mol. The van der Waals surface area contributed by atoms with Crippen LogP contribution in [0.4, 0.5) is 10.8 Å². The number of hydrogen-bond donors (Lipinski definition) is 1. The second kappa shape index (κ2) is 9.27. The van der Waals surface area contributed by atoms with Crippen LogP contribution in [0, 0.1) is 0 Å². The highest BCUT2D eigenvalue weighted by Gasteiger charge is 2.22. The Labute approximate surface area is 182 Å². The van der Waals surface area contributed by atoms with Crippen LogP contribution >= 0.6 is 22.7 Å². The zero-order valence-electron chi connectivity index (χ0n) is 16.5. The van der Waals surface area contributed by atoms with E-state index in [0.29, 0.717) is 29.5 Å². The summed E-state index contributed by atoms with van der Waals surface area (Å²) in [6.07, 6.45) is 0.240. The van der Waals surface area contributed by atoms with E-state index >= 15 is 0 Å². The summed E-state index contributed by atoms with van der Waals surface area (Å²) in [5.41, 5.74) is 2.40. The summed E-state index contributed by atoms with van der Waals surface area (Å²) in [6.45, 7) is 2.89. The first kappa shape index (κ1) is 20.4. The van der Waals surface area contributed by atoms with Gasteiger partial charge in [0.2, 0.25) is 5.91 Å². The van der Waals surface area contributed by atoms with Gasteiger partial charge in [-0.25, -0.2) is 4.98 Å². The summed E-state index contributed by atoms with van der Waals surface area (Å²) in [5.74, 6) is 0.704. The Hall–Kier alpha value is -2.91. The van der Waals surface area contributed by atoms with Crippen molar-refractivity contribution < 1.29 is 14.3 Å². The van der Waals surface area contributed by atoms with Gasteiger partial charge in [0.1, 0.15) is 5.75 Å². The summed E-state index contributed by atoms with van der Waals surface area (Å²) in [6, 6.07) is 9.74. The smallest absolute Gasteiger partial charge is 0.258 e. The molecular weight excluding hydrogens is 420 g/mol. The highest BCUT2D eigenvalue weighted by Crippen LogP contribution is 2.23. The SMILES string of the molecule is COc1cccc(N2CCN(C(=O)Cc3csc(NC(=O)c4ccsc4)n3)CC2)c1. The van der Waals surface area contributed by atoms with Crippen LogP contribution in [0.2, 0.25) is 0 Å². The zero-order chi connectivity index (χ0) is 20.9. The van der Waals surface area contributed by atoms with Crippen molar-refractivity contribution in [1.82, 2.24) is 9.88 Å². The first-order chi connectivity index (χ1) is 14.6. The topological polar surface area (TPSA) is 74.8 Å². The molecule has 1 N–H and O–H groups in total. The summed E-state index contributed by atoms with van der Waals surface area (Å²) >= 11 is 2.81. The molecule has 1 aliphatic heterocycles. The van der Waals surface area contributed by atoms with Gasteiger partial charge in [0, 0.05) is 48.7 Å². The predicted octanol–water partition coefficient (Wildman–Crippen LogP) is 3.36. The van der Waals surface area contributed by atoms with Crippen molar-refractivity contribution in [2.45, 2.75) is 6.42 Å². The van der Waals surface area contributed by atoms with Gasteiger partial charge in [-0.2, -0.15) is 11.3 Å². The molecule has 3 aromatic rings. The molecule has 1 aromatic carbocycles. The van der Waals surface area contributed by atoms with Crippen molar-refractivity contribution >= 4 is 45.3 Å². The molecule has 2 aromatic heterocycles. The molecule has 156 valence electrons. The van der Waals surface area contributed by atoms with Gasteiger partial charge in [-0.15, -0.1) is 11.3 Å². The van der Waals surface area contributed by atoms with Gasteiger partial charge in [0.25, 0.3) is 5.91 Å². The molecule has 0 spiro atoms. The van der Waals surface area contributed by atoms with Crippen LogP contribution in [-0.4, -0.2) is 55.0 Å². The Morgan fingerprint density at radius 2 is 2.00 bits per heavy atom. The lowest BCUT2D eigenvalue weighted by atomic mass is 10.2. The van der Waals surface area contributed by atoms with E-state index in [2.05, 4.69) is 21.3 Å². The molecule has 2 amide bonds. The number of hydrogen-bond acceptors (Lipinski definition) is 7. The Bertz CT molecular complexity index is 1010. The van der Waals surface area contributed by atoms with Crippen LogP contribution < -0.4 is 15.0 Å². The van der Waals surface area contributed by atoms with Crippen molar-refractivity contribution in [3.63, 3.8) is 0 Å². The Morgan fingerprint density at radius 3 is 2.73 bits per heavy atom. The largest absolute Gasteiger partial charge is 0.497 e. The molecule has 0 atom stereocenters. The minimum Gasteiger partial charge on any atom is -0.497 e. The van der Waals surface area contributed by atoms with E-state index in [9.17, 15) is 9.59 Å². The average molecular weight is 443 g/mol. The number of amides is 2. The molecule has 0 saturated carbocycles. The number of ether oxygens (including phenoxy) is 1. The van der Waals surface area contributed by atoms with Crippen molar-refractivity contribution in [3.05, 3.63) is 57.7 Å². The standard InChI is InChI=1S/C21H22N4O3S2/c1-28-18-4-2-3-17(12-18)24-6-8-25(9-7-24)19(26)11-16-14-30-21(22-16)23-20(27)15-5-10-29-13-15/h2-5,10,12-14H,6-9,11H2,1H3,(H,22,23,27). The highest BCUT2D eigenvalue weighted by atomic mass is 32.1. The maximum absolute atomic E-state index is 12.7. The molecule has 3 heterocycles. The van der Waals surface area contributed by atoms with Gasteiger partial charge in [-0.05, 0) is 23.6 Å². The molecule has 4 rings (SSSR count). The van der Waals surface area contributed by atoms with Crippen molar-refractivity contribution in [2.75, 3.05) is 43.5 Å². The predicted molar refractivity (Wildman–Crippen MR) is 120 cm³/mol. The maximum Gasteiger partial charge on any atom is 0.258 e. The van der Waals surface area contributed by atoms with E-state index in [0.717, 1.165) is 24.5 Å². The van der Waals surface area contributed by atoms with Gasteiger partial charge in [-0.1, -0.05) is 6.07 Å². The fourth-order valence-electron chi connectivity index (χ4n) is 3.30. The summed E-state index contributed by atoms with van der Waals surface area (Å²) in [7, 11) is 1.66. The number of thiophene rings is 1. The molecule has 0 unspecified atom stereocenters. The third kappa shape index (κ3) is 4.80. The van der Waals surface area contributed by atoms with Crippen molar-refractivity contribution in [3.8, 4) is 5.75 Å². The minimum absolute atomic E-state index is 0.0568. The highest BCUT2D eigenvalue weighted by molar-refractivity contribution is 7.14. The zero-order valence-corrected chi connectivity index (χ0v) is 18.2. The lowest BCUT2D eigenvalue weighted by molar-refractivity contribution is -0.130. The molecular formula is C21H22N4O3S2. The Kier molecular flexibility index (Phi) is 6.29. The number of benzene rings is 1. The third-order valence-electron chi connectivity index (χ3n) is 4.94. The Morgan fingerprint density at radius 1 is 1.17 bits per heavy atom. The van der Waals surface area contributed by atoms with Gasteiger partial charge >= 0.3 is 0 Å². The van der Waals surface area contributed by atoms with Gasteiger partial charge < -0.3 is 14.5 Å². The molecule has 1 aliphatic rings. The fraction of sp³-hybridized carbons (Fsp3) is 0.286. The van der Waals surface area contributed by atoms with Crippen LogP contribution in [-0.2, 0) is 11.2 Å². The molecule has 1 saturated heterocycles. The van der Waals surface area contributed by atoms with Crippen molar-refractivity contribution in [1.29, 1.82) is 0 Å². The number of thiazole rings is 1. The number of piperazine rings is 1. The lowest BCUT2D eigenvalue weighted by Crippen LogP contribution is -2.49. The van der Waals surface area contributed by atoms with E-state index in [1.54, 1.807) is 18.6 Å². The average Bonchev–Trinajstić information content (AvgIpc) is 3.46. The molecule has 9 heteroatoms. The number of nitrogens with zero attached hydrogens (tertiary/aromatic N) is 3. The molecule has 30 heavy (non-hydrogen) atoms. The van der Waals surface area contributed by atoms with E-state index in [1.807, 2.05) is 33.9 Å². The molecule has 0 radical (unpaired) electrons. The van der Waals surface area contributed by atoms with Crippen LogP contribution in [0.3, 0.4) is 0 Å². The van der Waals surface area contributed by atoms with E-state index in [1.165, 1.54) is 22.7 Å². The number of carbonyl (C=O) groups excluding carboxylic acids is 2. The first-order valence-corrected chi connectivity index (χ1v) is 11.4. The van der Waals surface area contributed by atoms with E-state index < -0.39 is 0 Å². The second-order valence-corrected chi connectivity index (χ2v) is 8.49. The van der Waals surface area contributed by atoms with Crippen LogP contribution in [0.15, 0.2) is 46.5 Å². The molecule has 0 bridgehead atoms. The number of methoxy groups -OCH3 is 1. The summed E-state index contributed by atoms with van der Waals surface area (Å²) in [5, 5.41) is 8.77. The van der Waals surface area contributed by atoms with E-state index in [-0.39, 0.29) is 18.2 Å². The molecule has 7 nitrogen and oxygen atoms in total. The van der Waals surface area contributed by atoms with Crippen LogP contribution in [0.25, 0.3) is 0 Å². The van der Waals surface area contributed by atoms with Crippen LogP contribution in [0.5, 0.6) is 5.75 Å². The lowest BCUT2D eigenvalue weighted by Gasteiger charge is -2.36. The number of rotatable bonds is 6. The third-order valence-corrected chi connectivity index (χ3v) is 6.43. The number of nitrogens with one attached hydrogen (secondary N) is 1. The van der Waals surface area contributed by atoms with E-state index in [4.69, 9.17) is 4.74 Å². The van der Waals surface area contributed by atoms with Crippen molar-refractivity contribution in [2.24, 2.45) is 0 Å². The molecule has 0 aliphatic carbocycles. The van der Waals surface area contributed by atoms with Gasteiger partial charge in [0.05, 0.1) is 24.8 Å². The maximum atomic E-state index is 12.7. The van der Waals surface area contributed by atoms with Gasteiger partial charge in [-0.3, -0.25) is 14.9 Å². The quantitative estimate of drug-likeness (QED) is 0.634. The first-order valence-electron chi connectivity index (χ1n) is 9.57. The summed E-state index contributed by atoms with van der Waals surface area (Å²) in [4.78, 5) is 33.3. The van der Waals surface area contributed by atoms with Gasteiger partial charge in [0.15, 0.2) is 5.13 Å². The fourth-order valence-corrected chi connectivity index (χ4v) is 4.64. The Balaban J connectivity index is 1.29. The molecule has 1 fully saturated rings. The van der Waals surface area contributed by atoms with Crippen LogP contribution in [0.1, 0.15) is 16.1 Å².